The van der Waals surface area contributed by atoms with E-state index in [1.165, 1.54) is 24.3 Å². The first-order valence-corrected chi connectivity index (χ1v) is 9.93. The number of ether oxygens (including phenoxy) is 1. The molecule has 2 rings (SSSR count). The molecule has 1 aliphatic carbocycles. The zero-order valence-electron chi connectivity index (χ0n) is 14.4. The van der Waals surface area contributed by atoms with Crippen molar-refractivity contribution in [2.75, 3.05) is 6.61 Å². The minimum atomic E-state index is -3.55. The molecule has 0 spiro atoms. The molecule has 1 amide bonds. The number of sulfonamides is 1. The molecule has 0 heterocycles. The van der Waals surface area contributed by atoms with Crippen molar-refractivity contribution in [2.24, 2.45) is 0 Å². The lowest BCUT2D eigenvalue weighted by atomic mass is 10.2. The number of hydrogen-bond acceptors (Lipinski definition) is 5. The third-order valence-corrected chi connectivity index (χ3v) is 5.52. The first kappa shape index (κ1) is 19.4. The molecule has 25 heavy (non-hydrogen) atoms. The topological polar surface area (TPSA) is 102 Å². The van der Waals surface area contributed by atoms with Crippen LogP contribution in [0.15, 0.2) is 29.2 Å². The van der Waals surface area contributed by atoms with Crippen molar-refractivity contribution in [1.82, 2.24) is 10.0 Å². The molecule has 1 fully saturated rings. The maximum absolute atomic E-state index is 12.1. The molecule has 7 nitrogen and oxygen atoms in total. The summed E-state index contributed by atoms with van der Waals surface area (Å²) in [5, 5.41) is 2.77. The van der Waals surface area contributed by atoms with Crippen molar-refractivity contribution in [3.63, 3.8) is 0 Å². The third-order valence-electron chi connectivity index (χ3n) is 3.98. The van der Waals surface area contributed by atoms with Crippen LogP contribution in [0, 0.1) is 0 Å². The normalized spacial score (nSPS) is 14.4. The molecule has 1 aromatic carbocycles. The van der Waals surface area contributed by atoms with Crippen LogP contribution >= 0.6 is 0 Å². The van der Waals surface area contributed by atoms with Gasteiger partial charge in [-0.25, -0.2) is 17.9 Å². The Hall–Kier alpha value is -1.93. The lowest BCUT2D eigenvalue weighted by Gasteiger charge is -2.14. The number of carbonyl (C=O) groups excluding carboxylic acids is 2. The van der Waals surface area contributed by atoms with E-state index in [0.29, 0.717) is 0 Å². The van der Waals surface area contributed by atoms with Crippen LogP contribution in [-0.4, -0.2) is 39.0 Å². The first-order valence-electron chi connectivity index (χ1n) is 8.44. The van der Waals surface area contributed by atoms with Gasteiger partial charge in [0.15, 0.2) is 6.61 Å². The largest absolute Gasteiger partial charge is 0.452 e. The van der Waals surface area contributed by atoms with Crippen LogP contribution in [0.5, 0.6) is 0 Å². The summed E-state index contributed by atoms with van der Waals surface area (Å²) < 4.78 is 31.6. The fourth-order valence-corrected chi connectivity index (χ4v) is 3.54. The molecule has 1 saturated carbocycles. The van der Waals surface area contributed by atoms with Crippen molar-refractivity contribution >= 4 is 21.9 Å². The molecule has 138 valence electrons. The van der Waals surface area contributed by atoms with E-state index in [-0.39, 0.29) is 35.1 Å². The van der Waals surface area contributed by atoms with Crippen molar-refractivity contribution in [1.29, 1.82) is 0 Å². The molecule has 1 aliphatic rings. The minimum absolute atomic E-state index is 0.0169. The highest BCUT2D eigenvalue weighted by molar-refractivity contribution is 7.89. The fraction of sp³-hybridized carbons (Fsp3) is 0.529. The summed E-state index contributed by atoms with van der Waals surface area (Å²) in [5.41, 5.74) is 0.195. The van der Waals surface area contributed by atoms with Crippen LogP contribution in [0.2, 0.25) is 0 Å². The van der Waals surface area contributed by atoms with E-state index in [1.54, 1.807) is 0 Å². The molecular formula is C17H24N2O5S. The van der Waals surface area contributed by atoms with Gasteiger partial charge in [0.25, 0.3) is 5.91 Å². The number of amides is 1. The smallest absolute Gasteiger partial charge is 0.338 e. The first-order chi connectivity index (χ1) is 11.9. The van der Waals surface area contributed by atoms with Gasteiger partial charge in [0.2, 0.25) is 10.0 Å². The van der Waals surface area contributed by atoms with Gasteiger partial charge in [0, 0.05) is 12.1 Å². The van der Waals surface area contributed by atoms with Gasteiger partial charge in [0.05, 0.1) is 10.5 Å². The molecule has 1 aromatic rings. The summed E-state index contributed by atoms with van der Waals surface area (Å²) in [6.07, 6.45) is 3.31. The maximum atomic E-state index is 12.1. The lowest BCUT2D eigenvalue weighted by Crippen LogP contribution is -2.36. The molecular weight excluding hydrogens is 344 g/mol. The number of hydrogen-bond donors (Lipinski definition) is 2. The predicted octanol–water partition coefficient (Wildman–Crippen LogP) is 1.59. The minimum Gasteiger partial charge on any atom is -0.452 e. The van der Waals surface area contributed by atoms with E-state index < -0.39 is 16.0 Å². The van der Waals surface area contributed by atoms with Gasteiger partial charge in [0.1, 0.15) is 0 Å². The van der Waals surface area contributed by atoms with Gasteiger partial charge >= 0.3 is 5.97 Å². The number of benzene rings is 1. The Bertz CT molecular complexity index is 707. The van der Waals surface area contributed by atoms with Crippen LogP contribution in [-0.2, 0) is 19.6 Å². The van der Waals surface area contributed by atoms with E-state index in [4.69, 9.17) is 4.74 Å². The highest BCUT2D eigenvalue weighted by Gasteiger charge is 2.28. The standard InChI is InChI=1S/C17H24N2O5S/c1-3-13(4-2)18-16(20)11-24-17(21)12-5-9-15(10-6-12)25(22,23)19-14-7-8-14/h5-6,9-10,13-14,19H,3-4,7-8,11H2,1-2H3,(H,18,20). The second-order valence-electron chi connectivity index (χ2n) is 6.08. The van der Waals surface area contributed by atoms with Crippen LogP contribution in [0.3, 0.4) is 0 Å². The SMILES string of the molecule is CCC(CC)NC(=O)COC(=O)c1ccc(S(=O)(=O)NC2CC2)cc1. The molecule has 0 aliphatic heterocycles. The highest BCUT2D eigenvalue weighted by Crippen LogP contribution is 2.22. The summed E-state index contributed by atoms with van der Waals surface area (Å²) >= 11 is 0. The molecule has 0 unspecified atom stereocenters. The Kier molecular flexibility index (Phi) is 6.55. The summed E-state index contributed by atoms with van der Waals surface area (Å²) in [6.45, 7) is 3.57. The maximum Gasteiger partial charge on any atom is 0.338 e. The average Bonchev–Trinajstić information content (AvgIpc) is 3.40. The van der Waals surface area contributed by atoms with E-state index in [2.05, 4.69) is 10.0 Å². The Morgan fingerprint density at radius 3 is 2.28 bits per heavy atom. The van der Waals surface area contributed by atoms with Crippen molar-refractivity contribution in [2.45, 2.75) is 56.5 Å². The van der Waals surface area contributed by atoms with Crippen molar-refractivity contribution in [3.8, 4) is 0 Å². The fourth-order valence-electron chi connectivity index (χ4n) is 2.24. The number of rotatable bonds is 9. The number of esters is 1. The lowest BCUT2D eigenvalue weighted by molar-refractivity contribution is -0.125. The Morgan fingerprint density at radius 1 is 1.16 bits per heavy atom. The second kappa shape index (κ2) is 8.44. The van der Waals surface area contributed by atoms with Gasteiger partial charge in [-0.1, -0.05) is 13.8 Å². The van der Waals surface area contributed by atoms with E-state index >= 15 is 0 Å². The summed E-state index contributed by atoms with van der Waals surface area (Å²) in [7, 11) is -3.55. The highest BCUT2D eigenvalue weighted by atomic mass is 32.2. The zero-order chi connectivity index (χ0) is 18.4. The second-order valence-corrected chi connectivity index (χ2v) is 7.79. The van der Waals surface area contributed by atoms with Crippen LogP contribution < -0.4 is 10.0 Å². The number of carbonyl (C=O) groups is 2. The summed E-state index contributed by atoms with van der Waals surface area (Å²) in [4.78, 5) is 23.8. The molecule has 0 radical (unpaired) electrons. The van der Waals surface area contributed by atoms with Gasteiger partial charge in [-0.2, -0.15) is 0 Å². The van der Waals surface area contributed by atoms with Crippen LogP contribution in [0.4, 0.5) is 0 Å². The Labute approximate surface area is 148 Å². The monoisotopic (exact) mass is 368 g/mol. The Morgan fingerprint density at radius 2 is 1.76 bits per heavy atom. The zero-order valence-corrected chi connectivity index (χ0v) is 15.3. The van der Waals surface area contributed by atoms with Crippen molar-refractivity contribution < 1.29 is 22.7 Å². The molecule has 0 atom stereocenters. The molecule has 8 heteroatoms. The summed E-state index contributed by atoms with van der Waals surface area (Å²) in [6, 6.07) is 5.54. The van der Waals surface area contributed by atoms with Gasteiger partial charge in [-0.15, -0.1) is 0 Å². The van der Waals surface area contributed by atoms with Crippen molar-refractivity contribution in [3.05, 3.63) is 29.8 Å². The van der Waals surface area contributed by atoms with Crippen LogP contribution in [0.1, 0.15) is 49.9 Å². The number of nitrogens with one attached hydrogen (secondary N) is 2. The summed E-state index contributed by atoms with van der Waals surface area (Å²) in [5.74, 6) is -1.02. The predicted molar refractivity (Wildman–Crippen MR) is 92.6 cm³/mol. The van der Waals surface area contributed by atoms with Gasteiger partial charge in [-0.3, -0.25) is 4.79 Å². The molecule has 2 N–H and O–H groups in total. The van der Waals surface area contributed by atoms with Crippen LogP contribution in [0.25, 0.3) is 0 Å². The van der Waals surface area contributed by atoms with E-state index in [1.807, 2.05) is 13.8 Å². The molecule has 0 saturated heterocycles. The average molecular weight is 368 g/mol. The van der Waals surface area contributed by atoms with E-state index in [9.17, 15) is 18.0 Å². The molecule has 0 bridgehead atoms. The van der Waals surface area contributed by atoms with Gasteiger partial charge in [-0.05, 0) is 49.9 Å². The molecule has 0 aromatic heterocycles. The quantitative estimate of drug-likeness (QED) is 0.645. The van der Waals surface area contributed by atoms with E-state index in [0.717, 1.165) is 25.7 Å². The third kappa shape index (κ3) is 5.82. The van der Waals surface area contributed by atoms with Gasteiger partial charge < -0.3 is 10.1 Å². The Balaban J connectivity index is 1.88.